The summed E-state index contributed by atoms with van der Waals surface area (Å²) in [7, 11) is -3.18. The molecule has 1 aliphatic heterocycles. The second-order valence-corrected chi connectivity index (χ2v) is 8.54. The fraction of sp³-hybridized carbons (Fsp3) is 0.611. The fourth-order valence-electron chi connectivity index (χ4n) is 3.07. The number of nitrogens with two attached hydrogens (primary N) is 1. The molecule has 0 bridgehead atoms. The van der Waals surface area contributed by atoms with Crippen molar-refractivity contribution in [3.8, 4) is 5.75 Å². The highest BCUT2D eigenvalue weighted by atomic mass is 35.5. The van der Waals surface area contributed by atoms with Crippen LogP contribution < -0.4 is 10.5 Å². The number of amides is 1. The van der Waals surface area contributed by atoms with Crippen LogP contribution in [0.25, 0.3) is 0 Å². The van der Waals surface area contributed by atoms with Crippen molar-refractivity contribution in [2.75, 3.05) is 26.0 Å². The van der Waals surface area contributed by atoms with E-state index in [2.05, 4.69) is 0 Å². The van der Waals surface area contributed by atoms with Crippen molar-refractivity contribution in [1.29, 1.82) is 0 Å². The molecule has 2 rings (SSSR count). The van der Waals surface area contributed by atoms with Gasteiger partial charge in [0.15, 0.2) is 9.84 Å². The number of benzene rings is 1. The Kier molecular flexibility index (Phi) is 9.39. The first-order chi connectivity index (χ1) is 11.9. The predicted molar refractivity (Wildman–Crippen MR) is 105 cm³/mol. The molecular formula is C18H29ClN2O4S. The zero-order valence-electron chi connectivity index (χ0n) is 15.2. The van der Waals surface area contributed by atoms with Gasteiger partial charge in [0.25, 0.3) is 0 Å². The number of piperidine rings is 1. The summed E-state index contributed by atoms with van der Waals surface area (Å²) in [6.07, 6.45) is 6.47. The van der Waals surface area contributed by atoms with Gasteiger partial charge in [-0.1, -0.05) is 0 Å². The van der Waals surface area contributed by atoms with Crippen molar-refractivity contribution in [2.24, 2.45) is 5.73 Å². The van der Waals surface area contributed by atoms with E-state index in [1.165, 1.54) is 18.4 Å². The van der Waals surface area contributed by atoms with Gasteiger partial charge in [0.2, 0.25) is 5.91 Å². The molecule has 1 aromatic rings. The van der Waals surface area contributed by atoms with Crippen molar-refractivity contribution >= 4 is 28.2 Å². The summed E-state index contributed by atoms with van der Waals surface area (Å²) in [4.78, 5) is 14.5. The monoisotopic (exact) mass is 404 g/mol. The highest BCUT2D eigenvalue weighted by Gasteiger charge is 2.24. The minimum Gasteiger partial charge on any atom is -0.494 e. The molecule has 0 aliphatic carbocycles. The molecule has 26 heavy (non-hydrogen) atoms. The maximum atomic E-state index is 12.3. The van der Waals surface area contributed by atoms with Crippen LogP contribution >= 0.6 is 12.4 Å². The average molecular weight is 405 g/mol. The number of ether oxygens (including phenoxy) is 1. The van der Waals surface area contributed by atoms with Crippen molar-refractivity contribution in [2.45, 2.75) is 49.5 Å². The molecule has 2 N–H and O–H groups in total. The van der Waals surface area contributed by atoms with E-state index in [-0.39, 0.29) is 29.3 Å². The second kappa shape index (κ2) is 10.7. The fourth-order valence-corrected chi connectivity index (χ4v) is 3.70. The van der Waals surface area contributed by atoms with Gasteiger partial charge in [-0.05, 0) is 56.4 Å². The van der Waals surface area contributed by atoms with Crippen LogP contribution in [-0.4, -0.2) is 51.2 Å². The lowest BCUT2D eigenvalue weighted by Crippen LogP contribution is -2.47. The van der Waals surface area contributed by atoms with Gasteiger partial charge in [0.05, 0.1) is 11.5 Å². The van der Waals surface area contributed by atoms with Crippen LogP contribution in [-0.2, 0) is 14.6 Å². The molecule has 1 amide bonds. The quantitative estimate of drug-likeness (QED) is 0.672. The first kappa shape index (κ1) is 22.7. The van der Waals surface area contributed by atoms with Gasteiger partial charge >= 0.3 is 0 Å². The number of likely N-dealkylation sites (tertiary alicyclic amines) is 1. The summed E-state index contributed by atoms with van der Waals surface area (Å²) < 4.78 is 28.4. The van der Waals surface area contributed by atoms with Gasteiger partial charge < -0.3 is 15.4 Å². The van der Waals surface area contributed by atoms with E-state index < -0.39 is 9.84 Å². The van der Waals surface area contributed by atoms with Crippen molar-refractivity contribution in [1.82, 2.24) is 4.90 Å². The summed E-state index contributed by atoms with van der Waals surface area (Å²) in [6.45, 7) is 1.87. The molecule has 148 valence electrons. The van der Waals surface area contributed by atoms with Gasteiger partial charge in [-0.2, -0.15) is 0 Å². The summed E-state index contributed by atoms with van der Waals surface area (Å²) >= 11 is 0. The van der Waals surface area contributed by atoms with E-state index in [0.29, 0.717) is 25.3 Å². The molecule has 1 unspecified atom stereocenters. The van der Waals surface area contributed by atoms with Gasteiger partial charge in [0.1, 0.15) is 5.75 Å². The van der Waals surface area contributed by atoms with Gasteiger partial charge in [-0.25, -0.2) is 8.42 Å². The highest BCUT2D eigenvalue weighted by Crippen LogP contribution is 2.18. The summed E-state index contributed by atoms with van der Waals surface area (Å²) in [5, 5.41) is 0. The molecule has 0 spiro atoms. The standard InChI is InChI=1S/C18H28N2O4S.ClH/c1-25(22,23)17-10-8-16(9-11-17)24-13-5-3-7-18(21)20-12-4-2-6-15(20)14-19;/h8-11,15H,2-7,12-14,19H2,1H3;1H. The van der Waals surface area contributed by atoms with E-state index in [9.17, 15) is 13.2 Å². The van der Waals surface area contributed by atoms with E-state index in [0.717, 1.165) is 38.6 Å². The smallest absolute Gasteiger partial charge is 0.222 e. The third-order valence-corrected chi connectivity index (χ3v) is 5.65. The minimum absolute atomic E-state index is 0. The Labute approximate surface area is 162 Å². The van der Waals surface area contributed by atoms with E-state index in [4.69, 9.17) is 10.5 Å². The molecule has 0 saturated carbocycles. The summed E-state index contributed by atoms with van der Waals surface area (Å²) in [5.74, 6) is 0.825. The normalized spacial score (nSPS) is 17.5. The molecule has 1 saturated heterocycles. The largest absolute Gasteiger partial charge is 0.494 e. The lowest BCUT2D eigenvalue weighted by Gasteiger charge is -2.35. The van der Waals surface area contributed by atoms with E-state index in [1.54, 1.807) is 12.1 Å². The lowest BCUT2D eigenvalue weighted by atomic mass is 10.0. The SMILES string of the molecule is CS(=O)(=O)c1ccc(OCCCCC(=O)N2CCCCC2CN)cc1.Cl. The summed E-state index contributed by atoms with van der Waals surface area (Å²) in [6, 6.07) is 6.59. The first-order valence-electron chi connectivity index (χ1n) is 8.84. The number of carbonyl (C=O) groups is 1. The number of nitrogens with zero attached hydrogens (tertiary/aromatic N) is 1. The van der Waals surface area contributed by atoms with Gasteiger partial charge in [0, 0.05) is 31.8 Å². The zero-order valence-corrected chi connectivity index (χ0v) is 16.9. The molecule has 6 nitrogen and oxygen atoms in total. The second-order valence-electron chi connectivity index (χ2n) is 6.52. The Bertz CT molecular complexity index is 664. The maximum absolute atomic E-state index is 12.3. The van der Waals surface area contributed by atoms with Gasteiger partial charge in [-0.3, -0.25) is 4.79 Å². The third-order valence-electron chi connectivity index (χ3n) is 4.53. The molecule has 1 aromatic carbocycles. The van der Waals surface area contributed by atoms with E-state index in [1.807, 2.05) is 4.90 Å². The van der Waals surface area contributed by atoms with Crippen LogP contribution in [0.1, 0.15) is 38.5 Å². The molecular weight excluding hydrogens is 376 g/mol. The lowest BCUT2D eigenvalue weighted by molar-refractivity contribution is -0.134. The van der Waals surface area contributed by atoms with Crippen molar-refractivity contribution in [3.05, 3.63) is 24.3 Å². The summed E-state index contributed by atoms with van der Waals surface area (Å²) in [5.41, 5.74) is 5.76. The molecule has 8 heteroatoms. The Hall–Kier alpha value is -1.31. The Balaban J connectivity index is 0.00000338. The topological polar surface area (TPSA) is 89.7 Å². The Morgan fingerprint density at radius 2 is 1.92 bits per heavy atom. The third kappa shape index (κ3) is 6.78. The van der Waals surface area contributed by atoms with Gasteiger partial charge in [-0.15, -0.1) is 12.4 Å². The molecule has 0 radical (unpaired) electrons. The van der Waals surface area contributed by atoms with Crippen LogP contribution in [0.4, 0.5) is 0 Å². The Morgan fingerprint density at radius 1 is 1.23 bits per heavy atom. The zero-order chi connectivity index (χ0) is 18.3. The Morgan fingerprint density at radius 3 is 2.54 bits per heavy atom. The highest BCUT2D eigenvalue weighted by molar-refractivity contribution is 7.90. The molecule has 0 aromatic heterocycles. The molecule has 1 fully saturated rings. The van der Waals surface area contributed by atoms with Crippen molar-refractivity contribution in [3.63, 3.8) is 0 Å². The number of sulfone groups is 1. The average Bonchev–Trinajstić information content (AvgIpc) is 2.61. The van der Waals surface area contributed by atoms with Crippen LogP contribution in [0.5, 0.6) is 5.75 Å². The maximum Gasteiger partial charge on any atom is 0.222 e. The van der Waals surface area contributed by atoms with Crippen LogP contribution in [0.15, 0.2) is 29.2 Å². The number of unbranched alkanes of at least 4 members (excludes halogenated alkanes) is 1. The van der Waals surface area contributed by atoms with Crippen molar-refractivity contribution < 1.29 is 17.9 Å². The number of hydrogen-bond donors (Lipinski definition) is 1. The number of carbonyl (C=O) groups excluding carboxylic acids is 1. The van der Waals surface area contributed by atoms with E-state index >= 15 is 0 Å². The molecule has 1 heterocycles. The molecule has 1 atom stereocenters. The van der Waals surface area contributed by atoms with Crippen LogP contribution in [0.3, 0.4) is 0 Å². The van der Waals surface area contributed by atoms with Crippen LogP contribution in [0, 0.1) is 0 Å². The predicted octanol–water partition coefficient (Wildman–Crippen LogP) is 2.40. The molecule has 1 aliphatic rings. The number of rotatable bonds is 8. The minimum atomic E-state index is -3.18. The first-order valence-corrected chi connectivity index (χ1v) is 10.7. The number of halogens is 1. The van der Waals surface area contributed by atoms with Crippen LogP contribution in [0.2, 0.25) is 0 Å². The number of hydrogen-bond acceptors (Lipinski definition) is 5.